The molecule has 2 N–H and O–H groups in total. The Kier molecular flexibility index (Phi) is 6.15. The van der Waals surface area contributed by atoms with Crippen molar-refractivity contribution in [2.45, 2.75) is 19.8 Å². The minimum Gasteiger partial charge on any atom is -0.354 e. The van der Waals surface area contributed by atoms with Crippen molar-refractivity contribution in [3.05, 3.63) is 52.8 Å². The van der Waals surface area contributed by atoms with Gasteiger partial charge in [-0.15, -0.1) is 0 Å². The van der Waals surface area contributed by atoms with E-state index < -0.39 is 0 Å². The van der Waals surface area contributed by atoms with Crippen LogP contribution in [0.1, 0.15) is 29.4 Å². The predicted molar refractivity (Wildman–Crippen MR) is 88.3 cm³/mol. The SMILES string of the molecule is CCCNC(=O)c1ccnc(NCCc2cccc(Cl)c2)n1. The van der Waals surface area contributed by atoms with Crippen molar-refractivity contribution in [3.63, 3.8) is 0 Å². The maximum Gasteiger partial charge on any atom is 0.270 e. The second kappa shape index (κ2) is 8.34. The summed E-state index contributed by atoms with van der Waals surface area (Å²) in [6, 6.07) is 9.32. The highest BCUT2D eigenvalue weighted by Gasteiger charge is 2.07. The fraction of sp³-hybridized carbons (Fsp3) is 0.312. The number of aromatic nitrogens is 2. The third-order valence-electron chi connectivity index (χ3n) is 3.01. The molecule has 22 heavy (non-hydrogen) atoms. The van der Waals surface area contributed by atoms with E-state index in [-0.39, 0.29) is 5.91 Å². The summed E-state index contributed by atoms with van der Waals surface area (Å²) < 4.78 is 0. The second-order valence-corrected chi connectivity index (χ2v) is 5.26. The number of halogens is 1. The molecule has 1 aromatic carbocycles. The number of rotatable bonds is 7. The highest BCUT2D eigenvalue weighted by atomic mass is 35.5. The van der Waals surface area contributed by atoms with Gasteiger partial charge in [-0.05, 0) is 36.6 Å². The molecule has 0 aliphatic rings. The van der Waals surface area contributed by atoms with Crippen molar-refractivity contribution in [2.24, 2.45) is 0 Å². The van der Waals surface area contributed by atoms with Crippen LogP contribution in [-0.4, -0.2) is 29.0 Å². The fourth-order valence-corrected chi connectivity index (χ4v) is 2.12. The summed E-state index contributed by atoms with van der Waals surface area (Å²) in [5.74, 6) is 0.272. The van der Waals surface area contributed by atoms with Gasteiger partial charge >= 0.3 is 0 Å². The third-order valence-corrected chi connectivity index (χ3v) is 3.24. The fourth-order valence-electron chi connectivity index (χ4n) is 1.91. The van der Waals surface area contributed by atoms with Crippen LogP contribution in [0.25, 0.3) is 0 Å². The molecule has 116 valence electrons. The van der Waals surface area contributed by atoms with Gasteiger partial charge in [0.2, 0.25) is 5.95 Å². The summed E-state index contributed by atoms with van der Waals surface area (Å²) in [5.41, 5.74) is 1.51. The van der Waals surface area contributed by atoms with E-state index in [1.807, 2.05) is 31.2 Å². The number of carbonyl (C=O) groups excluding carboxylic acids is 1. The molecule has 1 heterocycles. The topological polar surface area (TPSA) is 66.9 Å². The summed E-state index contributed by atoms with van der Waals surface area (Å²) in [6.07, 6.45) is 3.27. The quantitative estimate of drug-likeness (QED) is 0.823. The van der Waals surface area contributed by atoms with Gasteiger partial charge in [0, 0.05) is 24.3 Å². The van der Waals surface area contributed by atoms with Gasteiger partial charge in [-0.3, -0.25) is 4.79 Å². The summed E-state index contributed by atoms with van der Waals surface area (Å²) in [4.78, 5) is 20.2. The number of benzene rings is 1. The van der Waals surface area contributed by atoms with Crippen LogP contribution in [0.5, 0.6) is 0 Å². The van der Waals surface area contributed by atoms with E-state index in [9.17, 15) is 4.79 Å². The van der Waals surface area contributed by atoms with Crippen LogP contribution in [0.15, 0.2) is 36.5 Å². The molecule has 0 saturated carbocycles. The van der Waals surface area contributed by atoms with Crippen LogP contribution in [0.4, 0.5) is 5.95 Å². The average molecular weight is 319 g/mol. The van der Waals surface area contributed by atoms with Crippen molar-refractivity contribution in [2.75, 3.05) is 18.4 Å². The summed E-state index contributed by atoms with van der Waals surface area (Å²) in [7, 11) is 0. The van der Waals surface area contributed by atoms with E-state index in [0.717, 1.165) is 23.4 Å². The number of nitrogens with one attached hydrogen (secondary N) is 2. The largest absolute Gasteiger partial charge is 0.354 e. The first-order valence-corrected chi connectivity index (χ1v) is 7.66. The molecule has 5 nitrogen and oxygen atoms in total. The van der Waals surface area contributed by atoms with Crippen LogP contribution in [0.3, 0.4) is 0 Å². The van der Waals surface area contributed by atoms with Crippen LogP contribution >= 0.6 is 11.6 Å². The first-order chi connectivity index (χ1) is 10.7. The van der Waals surface area contributed by atoms with E-state index in [1.165, 1.54) is 0 Å². The lowest BCUT2D eigenvalue weighted by molar-refractivity contribution is 0.0948. The Bertz CT molecular complexity index is 633. The lowest BCUT2D eigenvalue weighted by Gasteiger charge is -2.07. The Hall–Kier alpha value is -2.14. The van der Waals surface area contributed by atoms with Crippen molar-refractivity contribution in [1.82, 2.24) is 15.3 Å². The molecular formula is C16H19ClN4O. The highest BCUT2D eigenvalue weighted by molar-refractivity contribution is 6.30. The monoisotopic (exact) mass is 318 g/mol. The molecule has 0 radical (unpaired) electrons. The smallest absolute Gasteiger partial charge is 0.270 e. The van der Waals surface area contributed by atoms with E-state index >= 15 is 0 Å². The Balaban J connectivity index is 1.89. The Morgan fingerprint density at radius 1 is 1.27 bits per heavy atom. The van der Waals surface area contributed by atoms with Gasteiger partial charge in [0.1, 0.15) is 5.69 Å². The molecule has 0 bridgehead atoms. The Labute approximate surface area is 135 Å². The standard InChI is InChI=1S/C16H19ClN4O/c1-2-8-18-15(22)14-7-10-20-16(21-14)19-9-6-12-4-3-5-13(17)11-12/h3-5,7,10-11H,2,6,8-9H2,1H3,(H,18,22)(H,19,20,21). The summed E-state index contributed by atoms with van der Waals surface area (Å²) in [6.45, 7) is 3.31. The molecule has 0 unspecified atom stereocenters. The van der Waals surface area contributed by atoms with E-state index in [0.29, 0.717) is 24.7 Å². The van der Waals surface area contributed by atoms with Crippen molar-refractivity contribution >= 4 is 23.5 Å². The van der Waals surface area contributed by atoms with Gasteiger partial charge in [0.15, 0.2) is 0 Å². The minimum absolute atomic E-state index is 0.179. The zero-order chi connectivity index (χ0) is 15.8. The number of nitrogens with zero attached hydrogens (tertiary/aromatic N) is 2. The van der Waals surface area contributed by atoms with Gasteiger partial charge in [-0.2, -0.15) is 0 Å². The zero-order valence-electron chi connectivity index (χ0n) is 12.5. The van der Waals surface area contributed by atoms with Gasteiger partial charge in [0.05, 0.1) is 0 Å². The highest BCUT2D eigenvalue weighted by Crippen LogP contribution is 2.11. The first kappa shape index (κ1) is 16.2. The molecular weight excluding hydrogens is 300 g/mol. The first-order valence-electron chi connectivity index (χ1n) is 7.28. The summed E-state index contributed by atoms with van der Waals surface area (Å²) >= 11 is 5.95. The van der Waals surface area contributed by atoms with E-state index in [1.54, 1.807) is 12.3 Å². The molecule has 0 spiro atoms. The Morgan fingerprint density at radius 2 is 2.14 bits per heavy atom. The van der Waals surface area contributed by atoms with Gasteiger partial charge < -0.3 is 10.6 Å². The van der Waals surface area contributed by atoms with Gasteiger partial charge in [-0.25, -0.2) is 9.97 Å². The lowest BCUT2D eigenvalue weighted by atomic mass is 10.1. The molecule has 2 aromatic rings. The summed E-state index contributed by atoms with van der Waals surface area (Å²) in [5, 5.41) is 6.64. The van der Waals surface area contributed by atoms with E-state index in [2.05, 4.69) is 20.6 Å². The van der Waals surface area contributed by atoms with Crippen LogP contribution in [-0.2, 0) is 6.42 Å². The molecule has 6 heteroatoms. The number of anilines is 1. The van der Waals surface area contributed by atoms with Crippen LogP contribution < -0.4 is 10.6 Å². The van der Waals surface area contributed by atoms with Crippen molar-refractivity contribution in [3.8, 4) is 0 Å². The average Bonchev–Trinajstić information content (AvgIpc) is 2.53. The molecule has 0 aliphatic heterocycles. The molecule has 0 saturated heterocycles. The van der Waals surface area contributed by atoms with Crippen LogP contribution in [0, 0.1) is 0 Å². The molecule has 1 amide bonds. The van der Waals surface area contributed by atoms with Crippen molar-refractivity contribution in [1.29, 1.82) is 0 Å². The number of amides is 1. The molecule has 0 fully saturated rings. The van der Waals surface area contributed by atoms with Gasteiger partial charge in [0.25, 0.3) is 5.91 Å². The molecule has 2 rings (SSSR count). The van der Waals surface area contributed by atoms with Crippen molar-refractivity contribution < 1.29 is 4.79 Å². The number of hydrogen-bond donors (Lipinski definition) is 2. The number of carbonyl (C=O) groups is 1. The maximum atomic E-state index is 11.8. The zero-order valence-corrected chi connectivity index (χ0v) is 13.2. The van der Waals surface area contributed by atoms with E-state index in [4.69, 9.17) is 11.6 Å². The lowest BCUT2D eigenvalue weighted by Crippen LogP contribution is -2.25. The van der Waals surface area contributed by atoms with Crippen LogP contribution in [0.2, 0.25) is 5.02 Å². The number of hydrogen-bond acceptors (Lipinski definition) is 4. The minimum atomic E-state index is -0.179. The molecule has 0 aliphatic carbocycles. The molecule has 1 aromatic heterocycles. The second-order valence-electron chi connectivity index (χ2n) is 4.83. The molecule has 0 atom stereocenters. The predicted octanol–water partition coefficient (Wildman–Crippen LogP) is 2.92. The third kappa shape index (κ3) is 5.00. The normalized spacial score (nSPS) is 10.3. The Morgan fingerprint density at radius 3 is 2.91 bits per heavy atom. The maximum absolute atomic E-state index is 11.8. The van der Waals surface area contributed by atoms with Gasteiger partial charge in [-0.1, -0.05) is 30.7 Å².